The standard InChI is InChI=1S/C4H7NO2/c1-7-5-3-2-4-6/h2-5H,1H3. The molecule has 3 nitrogen and oxygen atoms in total. The van der Waals surface area contributed by atoms with Crippen LogP contribution in [-0.2, 0) is 9.63 Å². The van der Waals surface area contributed by atoms with E-state index in [2.05, 4.69) is 10.3 Å². The van der Waals surface area contributed by atoms with Crippen molar-refractivity contribution < 1.29 is 9.63 Å². The van der Waals surface area contributed by atoms with Gasteiger partial charge in [0.2, 0.25) is 0 Å². The molecule has 0 saturated heterocycles. The second kappa shape index (κ2) is 5.17. The first-order chi connectivity index (χ1) is 3.41. The molecule has 0 aromatic rings. The summed E-state index contributed by atoms with van der Waals surface area (Å²) in [6, 6.07) is 0. The zero-order chi connectivity index (χ0) is 5.54. The van der Waals surface area contributed by atoms with Crippen molar-refractivity contribution in [2.45, 2.75) is 0 Å². The number of hydroxylamine groups is 1. The molecule has 0 unspecified atom stereocenters. The quantitative estimate of drug-likeness (QED) is 0.305. The van der Waals surface area contributed by atoms with Gasteiger partial charge in [-0.2, -0.15) is 0 Å². The van der Waals surface area contributed by atoms with E-state index in [-0.39, 0.29) is 0 Å². The van der Waals surface area contributed by atoms with E-state index in [1.165, 1.54) is 19.4 Å². The lowest BCUT2D eigenvalue weighted by atomic mass is 10.7. The SMILES string of the molecule is CONC=CC=O. The van der Waals surface area contributed by atoms with Crippen LogP contribution < -0.4 is 5.48 Å². The van der Waals surface area contributed by atoms with Crippen LogP contribution in [0.2, 0.25) is 0 Å². The summed E-state index contributed by atoms with van der Waals surface area (Å²) in [4.78, 5) is 13.8. The lowest BCUT2D eigenvalue weighted by Crippen LogP contribution is -1.99. The first-order valence-corrected chi connectivity index (χ1v) is 1.80. The predicted molar refractivity (Wildman–Crippen MR) is 25.3 cm³/mol. The molecule has 0 saturated carbocycles. The monoisotopic (exact) mass is 101 g/mol. The molecule has 0 aromatic heterocycles. The van der Waals surface area contributed by atoms with Gasteiger partial charge in [-0.3, -0.25) is 15.1 Å². The molecular formula is C4H7NO2. The second-order valence-electron chi connectivity index (χ2n) is 0.817. The van der Waals surface area contributed by atoms with Gasteiger partial charge < -0.3 is 0 Å². The summed E-state index contributed by atoms with van der Waals surface area (Å²) in [6.45, 7) is 0. The van der Waals surface area contributed by atoms with Gasteiger partial charge in [-0.15, -0.1) is 0 Å². The minimum absolute atomic E-state index is 0.659. The van der Waals surface area contributed by atoms with Gasteiger partial charge in [0.25, 0.3) is 0 Å². The molecule has 0 aliphatic heterocycles. The fourth-order valence-electron chi connectivity index (χ4n) is 0.147. The van der Waals surface area contributed by atoms with Gasteiger partial charge in [-0.1, -0.05) is 0 Å². The minimum atomic E-state index is 0.659. The van der Waals surface area contributed by atoms with Crippen LogP contribution in [0.4, 0.5) is 0 Å². The second-order valence-corrected chi connectivity index (χ2v) is 0.817. The summed E-state index contributed by atoms with van der Waals surface area (Å²) in [5.41, 5.74) is 2.34. The Hall–Kier alpha value is -0.830. The Morgan fingerprint density at radius 2 is 2.43 bits per heavy atom. The van der Waals surface area contributed by atoms with Gasteiger partial charge in [0.15, 0.2) is 0 Å². The topological polar surface area (TPSA) is 38.3 Å². The normalized spacial score (nSPS) is 9.29. The Kier molecular flexibility index (Phi) is 4.56. The highest BCUT2D eigenvalue weighted by molar-refractivity contribution is 5.64. The third-order valence-electron chi connectivity index (χ3n) is 0.361. The minimum Gasteiger partial charge on any atom is -0.299 e. The molecule has 40 valence electrons. The van der Waals surface area contributed by atoms with Gasteiger partial charge >= 0.3 is 0 Å². The van der Waals surface area contributed by atoms with Crippen LogP contribution >= 0.6 is 0 Å². The number of carbonyl (C=O) groups is 1. The Bertz CT molecular complexity index is 70.1. The largest absolute Gasteiger partial charge is 0.299 e. The molecular weight excluding hydrogens is 94.0 g/mol. The van der Waals surface area contributed by atoms with Crippen LogP contribution in [-0.4, -0.2) is 13.4 Å². The molecule has 0 aromatic carbocycles. The number of nitrogens with one attached hydrogen (secondary N) is 1. The van der Waals surface area contributed by atoms with Gasteiger partial charge in [0.1, 0.15) is 6.29 Å². The van der Waals surface area contributed by atoms with Gasteiger partial charge in [0.05, 0.1) is 7.11 Å². The average Bonchev–Trinajstić information content (AvgIpc) is 1.69. The number of hydrogen-bond acceptors (Lipinski definition) is 3. The molecule has 0 aliphatic rings. The maximum absolute atomic E-state index is 9.50. The fraction of sp³-hybridized carbons (Fsp3) is 0.250. The Morgan fingerprint density at radius 3 is 2.86 bits per heavy atom. The number of hydrogen-bond donors (Lipinski definition) is 1. The summed E-state index contributed by atoms with van der Waals surface area (Å²) in [5.74, 6) is 0. The molecule has 0 amide bonds. The van der Waals surface area contributed by atoms with Crippen molar-refractivity contribution in [1.82, 2.24) is 5.48 Å². The smallest absolute Gasteiger partial charge is 0.144 e. The highest BCUT2D eigenvalue weighted by Gasteiger charge is 1.61. The van der Waals surface area contributed by atoms with Crippen molar-refractivity contribution in [1.29, 1.82) is 0 Å². The summed E-state index contributed by atoms with van der Waals surface area (Å²) < 4.78 is 0. The predicted octanol–water partition coefficient (Wildman–Crippen LogP) is -0.150. The van der Waals surface area contributed by atoms with Crippen LogP contribution in [0.5, 0.6) is 0 Å². The molecule has 1 N–H and O–H groups in total. The van der Waals surface area contributed by atoms with Gasteiger partial charge in [-0.25, -0.2) is 0 Å². The van der Waals surface area contributed by atoms with E-state index < -0.39 is 0 Å². The molecule has 0 aliphatic carbocycles. The van der Waals surface area contributed by atoms with Crippen molar-refractivity contribution in [3.8, 4) is 0 Å². The lowest BCUT2D eigenvalue weighted by Gasteiger charge is -1.87. The van der Waals surface area contributed by atoms with Crippen molar-refractivity contribution in [3.63, 3.8) is 0 Å². The number of aldehydes is 1. The van der Waals surface area contributed by atoms with Crippen LogP contribution in [0, 0.1) is 0 Å². The van der Waals surface area contributed by atoms with Crippen LogP contribution in [0.15, 0.2) is 12.3 Å². The van der Waals surface area contributed by atoms with E-state index in [4.69, 9.17) is 0 Å². The molecule has 0 heterocycles. The van der Waals surface area contributed by atoms with Gasteiger partial charge in [0, 0.05) is 6.20 Å². The number of carbonyl (C=O) groups excluding carboxylic acids is 1. The molecule has 3 heteroatoms. The summed E-state index contributed by atoms with van der Waals surface area (Å²) in [5, 5.41) is 0. The number of rotatable bonds is 3. The maximum atomic E-state index is 9.50. The van der Waals surface area contributed by atoms with Crippen LogP contribution in [0.3, 0.4) is 0 Å². The molecule has 7 heavy (non-hydrogen) atoms. The maximum Gasteiger partial charge on any atom is 0.144 e. The van der Waals surface area contributed by atoms with Crippen LogP contribution in [0.1, 0.15) is 0 Å². The first kappa shape index (κ1) is 6.17. The molecule has 0 spiro atoms. The Morgan fingerprint density at radius 1 is 1.71 bits per heavy atom. The van der Waals surface area contributed by atoms with Crippen molar-refractivity contribution >= 4 is 6.29 Å². The van der Waals surface area contributed by atoms with E-state index in [1.54, 1.807) is 0 Å². The summed E-state index contributed by atoms with van der Waals surface area (Å²) in [7, 11) is 1.47. The van der Waals surface area contributed by atoms with Crippen molar-refractivity contribution in [3.05, 3.63) is 12.3 Å². The van der Waals surface area contributed by atoms with E-state index in [0.29, 0.717) is 6.29 Å². The third kappa shape index (κ3) is 5.17. The van der Waals surface area contributed by atoms with E-state index in [0.717, 1.165) is 0 Å². The molecule has 0 radical (unpaired) electrons. The average molecular weight is 101 g/mol. The van der Waals surface area contributed by atoms with Crippen molar-refractivity contribution in [2.24, 2.45) is 0 Å². The molecule has 0 rings (SSSR count). The molecule has 0 fully saturated rings. The van der Waals surface area contributed by atoms with E-state index >= 15 is 0 Å². The summed E-state index contributed by atoms with van der Waals surface area (Å²) >= 11 is 0. The van der Waals surface area contributed by atoms with Crippen LogP contribution in [0.25, 0.3) is 0 Å². The zero-order valence-corrected chi connectivity index (χ0v) is 4.05. The van der Waals surface area contributed by atoms with Gasteiger partial charge in [-0.05, 0) is 6.08 Å². The summed E-state index contributed by atoms with van der Waals surface area (Å²) in [6.07, 6.45) is 3.35. The lowest BCUT2D eigenvalue weighted by molar-refractivity contribution is -0.104. The zero-order valence-electron chi connectivity index (χ0n) is 4.05. The molecule has 0 bridgehead atoms. The Labute approximate surface area is 41.9 Å². The highest BCUT2D eigenvalue weighted by atomic mass is 16.6. The Balaban J connectivity index is 2.92. The fourth-order valence-corrected chi connectivity index (χ4v) is 0.147. The molecule has 0 atom stereocenters. The van der Waals surface area contributed by atoms with E-state index in [1.807, 2.05) is 0 Å². The van der Waals surface area contributed by atoms with E-state index in [9.17, 15) is 4.79 Å². The highest BCUT2D eigenvalue weighted by Crippen LogP contribution is 1.57. The first-order valence-electron chi connectivity index (χ1n) is 1.80. The number of allylic oxidation sites excluding steroid dienone is 1. The third-order valence-corrected chi connectivity index (χ3v) is 0.361. The van der Waals surface area contributed by atoms with Crippen molar-refractivity contribution in [2.75, 3.05) is 7.11 Å².